The first-order chi connectivity index (χ1) is 13.8. The summed E-state index contributed by atoms with van der Waals surface area (Å²) in [6.45, 7) is 7.79. The first-order valence-corrected chi connectivity index (χ1v) is 11.4. The molecule has 0 fully saturated rings. The van der Waals surface area contributed by atoms with Crippen LogP contribution in [0.3, 0.4) is 0 Å². The Labute approximate surface area is 173 Å². The lowest BCUT2D eigenvalue weighted by Crippen LogP contribution is -2.16. The molecule has 0 radical (unpaired) electrons. The fourth-order valence-electron chi connectivity index (χ4n) is 2.95. The van der Waals surface area contributed by atoms with Crippen molar-refractivity contribution in [3.63, 3.8) is 0 Å². The van der Waals surface area contributed by atoms with Crippen molar-refractivity contribution in [1.82, 2.24) is 4.98 Å². The van der Waals surface area contributed by atoms with Crippen LogP contribution < -0.4 is 9.46 Å². The van der Waals surface area contributed by atoms with Crippen molar-refractivity contribution in [1.29, 1.82) is 0 Å². The number of ether oxygens (including phenoxy) is 2. The average Bonchev–Trinajstić information content (AvgIpc) is 2.95. The van der Waals surface area contributed by atoms with Gasteiger partial charge in [0.2, 0.25) is 0 Å². The summed E-state index contributed by atoms with van der Waals surface area (Å²) in [5.41, 5.74) is 1.40. The molecule has 0 unspecified atom stereocenters. The molecule has 2 aromatic heterocycles. The number of hydrogen-bond donors (Lipinski definition) is 1. The number of benzene rings is 1. The van der Waals surface area contributed by atoms with Crippen LogP contribution in [0.4, 0.5) is 5.00 Å². The van der Waals surface area contributed by atoms with Crippen molar-refractivity contribution < 1.29 is 22.7 Å². The van der Waals surface area contributed by atoms with Gasteiger partial charge in [-0.15, -0.1) is 11.3 Å². The molecule has 9 heteroatoms. The molecular formula is C20H22N2O5S2. The van der Waals surface area contributed by atoms with Gasteiger partial charge in [0.25, 0.3) is 10.0 Å². The number of hydrogen-bond acceptors (Lipinski definition) is 7. The average molecular weight is 435 g/mol. The molecule has 3 aromatic rings. The predicted molar refractivity (Wildman–Crippen MR) is 113 cm³/mol. The maximum Gasteiger partial charge on any atom is 0.341 e. The van der Waals surface area contributed by atoms with E-state index in [9.17, 15) is 13.2 Å². The van der Waals surface area contributed by atoms with E-state index in [1.165, 1.54) is 17.4 Å². The zero-order chi connectivity index (χ0) is 21.2. The molecule has 0 saturated carbocycles. The quantitative estimate of drug-likeness (QED) is 0.558. The van der Waals surface area contributed by atoms with Gasteiger partial charge in [-0.2, -0.15) is 0 Å². The fourth-order valence-corrected chi connectivity index (χ4v) is 5.50. The Morgan fingerprint density at radius 1 is 1.17 bits per heavy atom. The SMILES string of the molecule is CCOC(=O)c1c(NS(=O)(=O)c2ccc(OCC)c3ncccc23)sc(C)c1C. The van der Waals surface area contributed by atoms with E-state index in [4.69, 9.17) is 9.47 Å². The molecule has 154 valence electrons. The van der Waals surface area contributed by atoms with Crippen LogP contribution in [-0.4, -0.2) is 32.6 Å². The molecule has 0 aliphatic rings. The van der Waals surface area contributed by atoms with Crippen LogP contribution in [0.15, 0.2) is 35.4 Å². The van der Waals surface area contributed by atoms with Gasteiger partial charge in [0, 0.05) is 16.5 Å². The van der Waals surface area contributed by atoms with Crippen LogP contribution in [0, 0.1) is 13.8 Å². The third-order valence-corrected chi connectivity index (χ3v) is 7.03. The molecule has 3 rings (SSSR count). The smallest absolute Gasteiger partial charge is 0.341 e. The van der Waals surface area contributed by atoms with E-state index in [2.05, 4.69) is 9.71 Å². The summed E-state index contributed by atoms with van der Waals surface area (Å²) in [7, 11) is -3.99. The van der Waals surface area contributed by atoms with Crippen LogP contribution in [0.2, 0.25) is 0 Å². The van der Waals surface area contributed by atoms with Gasteiger partial charge in [-0.05, 0) is 57.5 Å². The van der Waals surface area contributed by atoms with E-state index in [1.807, 2.05) is 13.8 Å². The number of anilines is 1. The highest BCUT2D eigenvalue weighted by Gasteiger charge is 2.26. The predicted octanol–water partition coefficient (Wildman–Crippen LogP) is 4.29. The Hall–Kier alpha value is -2.65. The topological polar surface area (TPSA) is 94.6 Å². The van der Waals surface area contributed by atoms with E-state index < -0.39 is 16.0 Å². The van der Waals surface area contributed by atoms with Crippen LogP contribution in [0.25, 0.3) is 10.9 Å². The summed E-state index contributed by atoms with van der Waals surface area (Å²) < 4.78 is 39.7. The van der Waals surface area contributed by atoms with Gasteiger partial charge in [-0.25, -0.2) is 13.2 Å². The van der Waals surface area contributed by atoms with Gasteiger partial charge in [0.1, 0.15) is 16.3 Å². The van der Waals surface area contributed by atoms with E-state index in [1.54, 1.807) is 38.2 Å². The number of aromatic nitrogens is 1. The number of rotatable bonds is 7. The number of esters is 1. The third kappa shape index (κ3) is 4.06. The summed E-state index contributed by atoms with van der Waals surface area (Å²) in [5.74, 6) is -0.0395. The second-order valence-corrected chi connectivity index (χ2v) is 9.08. The number of nitrogens with zero attached hydrogens (tertiary/aromatic N) is 1. The summed E-state index contributed by atoms with van der Waals surface area (Å²) in [5, 5.41) is 0.679. The summed E-state index contributed by atoms with van der Waals surface area (Å²) >= 11 is 1.20. The lowest BCUT2D eigenvalue weighted by Gasteiger charge is -2.13. The standard InChI is InChI=1S/C20H22N2O5S2/c1-5-26-15-9-10-16(14-8-7-11-21-18(14)15)29(24,25)22-19-17(20(23)27-6-2)12(3)13(4)28-19/h7-11,22H,5-6H2,1-4H3. The van der Waals surface area contributed by atoms with Crippen molar-refractivity contribution in [3.05, 3.63) is 46.5 Å². The minimum Gasteiger partial charge on any atom is -0.492 e. The zero-order valence-electron chi connectivity index (χ0n) is 16.6. The van der Waals surface area contributed by atoms with Gasteiger partial charge in [0.05, 0.1) is 23.7 Å². The number of carbonyl (C=O) groups excluding carboxylic acids is 1. The highest BCUT2D eigenvalue weighted by atomic mass is 32.2. The van der Waals surface area contributed by atoms with Crippen molar-refractivity contribution in [3.8, 4) is 5.75 Å². The molecule has 0 atom stereocenters. The van der Waals surface area contributed by atoms with Crippen LogP contribution in [-0.2, 0) is 14.8 Å². The number of thiophene rings is 1. The molecule has 0 amide bonds. The van der Waals surface area contributed by atoms with Crippen molar-refractivity contribution in [2.75, 3.05) is 17.9 Å². The summed E-state index contributed by atoms with van der Waals surface area (Å²) in [6.07, 6.45) is 1.58. The van der Waals surface area contributed by atoms with E-state index in [0.29, 0.717) is 28.8 Å². The molecule has 2 heterocycles. The first-order valence-electron chi connectivity index (χ1n) is 9.10. The van der Waals surface area contributed by atoms with Gasteiger partial charge in [-0.1, -0.05) is 0 Å². The second-order valence-electron chi connectivity index (χ2n) is 6.21. The Bertz CT molecular complexity index is 1170. The van der Waals surface area contributed by atoms with Gasteiger partial charge in [-0.3, -0.25) is 9.71 Å². The van der Waals surface area contributed by atoms with E-state index >= 15 is 0 Å². The van der Waals surface area contributed by atoms with Gasteiger partial charge in [0.15, 0.2) is 0 Å². The highest BCUT2D eigenvalue weighted by molar-refractivity contribution is 7.93. The highest BCUT2D eigenvalue weighted by Crippen LogP contribution is 2.36. The summed E-state index contributed by atoms with van der Waals surface area (Å²) in [4.78, 5) is 17.5. The Morgan fingerprint density at radius 3 is 2.62 bits per heavy atom. The number of fused-ring (bicyclic) bond motifs is 1. The van der Waals surface area contributed by atoms with E-state index in [0.717, 1.165) is 4.88 Å². The maximum absolute atomic E-state index is 13.2. The minimum atomic E-state index is -3.99. The van der Waals surface area contributed by atoms with Crippen LogP contribution in [0.5, 0.6) is 5.75 Å². The molecule has 0 saturated heterocycles. The van der Waals surface area contributed by atoms with Gasteiger partial charge >= 0.3 is 5.97 Å². The first kappa shape index (κ1) is 21.1. The van der Waals surface area contributed by atoms with Gasteiger partial charge < -0.3 is 9.47 Å². The summed E-state index contributed by atoms with van der Waals surface area (Å²) in [6, 6.07) is 6.41. The van der Waals surface area contributed by atoms with E-state index in [-0.39, 0.29) is 22.1 Å². The van der Waals surface area contributed by atoms with Crippen LogP contribution >= 0.6 is 11.3 Å². The molecule has 29 heavy (non-hydrogen) atoms. The maximum atomic E-state index is 13.2. The molecule has 0 spiro atoms. The number of carbonyl (C=O) groups is 1. The lowest BCUT2D eigenvalue weighted by atomic mass is 10.2. The molecular weight excluding hydrogens is 412 g/mol. The normalized spacial score (nSPS) is 11.4. The Morgan fingerprint density at radius 2 is 1.93 bits per heavy atom. The Kier molecular flexibility index (Phi) is 6.09. The molecule has 1 N–H and O–H groups in total. The second kappa shape index (κ2) is 8.38. The molecule has 0 aliphatic heterocycles. The van der Waals surface area contributed by atoms with Crippen molar-refractivity contribution in [2.24, 2.45) is 0 Å². The van der Waals surface area contributed by atoms with Crippen molar-refractivity contribution in [2.45, 2.75) is 32.6 Å². The minimum absolute atomic E-state index is 0.0579. The number of sulfonamides is 1. The monoisotopic (exact) mass is 434 g/mol. The molecule has 1 aromatic carbocycles. The molecule has 0 aliphatic carbocycles. The Balaban J connectivity index is 2.10. The van der Waals surface area contributed by atoms with Crippen LogP contribution in [0.1, 0.15) is 34.6 Å². The zero-order valence-corrected chi connectivity index (χ0v) is 18.2. The largest absolute Gasteiger partial charge is 0.492 e. The van der Waals surface area contributed by atoms with Crippen molar-refractivity contribution >= 4 is 43.2 Å². The number of aryl methyl sites for hydroxylation is 1. The molecule has 7 nitrogen and oxygen atoms in total. The third-order valence-electron chi connectivity index (χ3n) is 4.37. The number of pyridine rings is 1. The fraction of sp³-hybridized carbons (Fsp3) is 0.300. The number of nitrogens with one attached hydrogen (secondary N) is 1. The lowest BCUT2D eigenvalue weighted by molar-refractivity contribution is 0.0527. The molecule has 0 bridgehead atoms.